The number of carbonyl (C=O) groups excluding carboxylic acids is 1. The van der Waals surface area contributed by atoms with Crippen molar-refractivity contribution >= 4 is 5.97 Å². The highest BCUT2D eigenvalue weighted by atomic mass is 16.5. The fraction of sp³-hybridized carbons (Fsp3) is 0.333. The molecule has 144 valence electrons. The van der Waals surface area contributed by atoms with Crippen LogP contribution in [0.1, 0.15) is 60.3 Å². The van der Waals surface area contributed by atoms with Crippen LogP contribution in [0.15, 0.2) is 60.7 Å². The molecule has 1 heterocycles. The highest BCUT2D eigenvalue weighted by molar-refractivity contribution is 5.87. The Morgan fingerprint density at radius 3 is 2.39 bits per heavy atom. The van der Waals surface area contributed by atoms with Crippen LogP contribution in [0.5, 0.6) is 0 Å². The summed E-state index contributed by atoms with van der Waals surface area (Å²) in [6.07, 6.45) is 4.83. The molecule has 0 amide bonds. The Bertz CT molecular complexity index is 923. The third-order valence-electron chi connectivity index (χ3n) is 5.46. The summed E-state index contributed by atoms with van der Waals surface area (Å²) in [5.41, 5.74) is 5.17. The minimum absolute atomic E-state index is 0.333. The van der Waals surface area contributed by atoms with E-state index in [1.165, 1.54) is 42.4 Å². The molecule has 0 unspecified atom stereocenters. The largest absolute Gasteiger partial charge is 0.461 e. The topological polar surface area (TPSA) is 44.1 Å². The second kappa shape index (κ2) is 8.42. The molecule has 0 saturated heterocycles. The van der Waals surface area contributed by atoms with Gasteiger partial charge in [-0.15, -0.1) is 0 Å². The molecule has 1 aromatic heterocycles. The molecule has 2 aromatic carbocycles. The maximum absolute atomic E-state index is 12.2. The van der Waals surface area contributed by atoms with E-state index in [-0.39, 0.29) is 5.97 Å². The van der Waals surface area contributed by atoms with Gasteiger partial charge >= 0.3 is 5.97 Å². The third-order valence-corrected chi connectivity index (χ3v) is 5.46. The zero-order valence-electron chi connectivity index (χ0n) is 16.3. The molecule has 0 aliphatic heterocycles. The maximum Gasteiger partial charge on any atom is 0.358 e. The predicted octanol–water partition coefficient (Wildman–Crippen LogP) is 5.43. The van der Waals surface area contributed by atoms with E-state index >= 15 is 0 Å². The van der Waals surface area contributed by atoms with Crippen molar-refractivity contribution in [2.45, 2.75) is 45.1 Å². The van der Waals surface area contributed by atoms with Crippen molar-refractivity contribution in [3.05, 3.63) is 77.6 Å². The monoisotopic (exact) mass is 374 g/mol. The van der Waals surface area contributed by atoms with Gasteiger partial charge in [0.05, 0.1) is 13.2 Å². The van der Waals surface area contributed by atoms with Crippen LogP contribution in [0.2, 0.25) is 0 Å². The molecule has 1 fully saturated rings. The van der Waals surface area contributed by atoms with E-state index in [9.17, 15) is 4.79 Å². The molecule has 0 bridgehead atoms. The molecule has 0 spiro atoms. The molecule has 1 aliphatic rings. The van der Waals surface area contributed by atoms with Crippen molar-refractivity contribution in [3.8, 4) is 11.1 Å². The van der Waals surface area contributed by atoms with Gasteiger partial charge in [-0.3, -0.25) is 4.68 Å². The van der Waals surface area contributed by atoms with Crippen LogP contribution in [0, 0.1) is 0 Å². The number of hydrogen-bond donors (Lipinski definition) is 0. The average Bonchev–Trinajstić information content (AvgIpc) is 3.39. The fourth-order valence-electron chi connectivity index (χ4n) is 4.02. The van der Waals surface area contributed by atoms with Crippen LogP contribution in [-0.4, -0.2) is 22.4 Å². The van der Waals surface area contributed by atoms with Crippen molar-refractivity contribution in [1.82, 2.24) is 9.78 Å². The molecule has 28 heavy (non-hydrogen) atoms. The lowest BCUT2D eigenvalue weighted by molar-refractivity contribution is 0.0518. The van der Waals surface area contributed by atoms with Crippen LogP contribution in [0.3, 0.4) is 0 Å². The van der Waals surface area contributed by atoms with E-state index < -0.39 is 0 Å². The molecule has 1 aliphatic carbocycles. The number of hydrogen-bond acceptors (Lipinski definition) is 3. The molecule has 0 N–H and O–H groups in total. The van der Waals surface area contributed by atoms with Gasteiger partial charge in [-0.05, 0) is 42.5 Å². The fourth-order valence-corrected chi connectivity index (χ4v) is 4.02. The quantitative estimate of drug-likeness (QED) is 0.540. The van der Waals surface area contributed by atoms with Gasteiger partial charge in [-0.1, -0.05) is 67.4 Å². The molecule has 3 aromatic rings. The first kappa shape index (κ1) is 18.5. The van der Waals surface area contributed by atoms with Gasteiger partial charge < -0.3 is 4.74 Å². The normalized spacial score (nSPS) is 14.3. The predicted molar refractivity (Wildman–Crippen MR) is 110 cm³/mol. The first-order chi connectivity index (χ1) is 13.7. The average molecular weight is 374 g/mol. The lowest BCUT2D eigenvalue weighted by Gasteiger charge is -2.13. The van der Waals surface area contributed by atoms with Gasteiger partial charge in [0.15, 0.2) is 5.69 Å². The van der Waals surface area contributed by atoms with E-state index in [0.717, 1.165) is 5.69 Å². The second-order valence-electron chi connectivity index (χ2n) is 7.38. The zero-order chi connectivity index (χ0) is 19.3. The lowest BCUT2D eigenvalue weighted by Crippen LogP contribution is -2.10. The standard InChI is InChI=1S/C24H26N2O2/c1-2-28-24(27)22-16-23(21-10-6-7-11-21)26(25-22)17-18-12-14-20(15-13-18)19-8-4-3-5-9-19/h3-5,8-9,12-16,21H,2,6-7,10-11,17H2,1H3. The molecule has 4 rings (SSSR count). The van der Waals surface area contributed by atoms with E-state index in [0.29, 0.717) is 24.8 Å². The van der Waals surface area contributed by atoms with Crippen LogP contribution in [0.4, 0.5) is 0 Å². The van der Waals surface area contributed by atoms with Gasteiger partial charge in [0.1, 0.15) is 0 Å². The van der Waals surface area contributed by atoms with Crippen molar-refractivity contribution in [1.29, 1.82) is 0 Å². The summed E-state index contributed by atoms with van der Waals surface area (Å²) in [5.74, 6) is 0.152. The zero-order valence-corrected chi connectivity index (χ0v) is 16.3. The maximum atomic E-state index is 12.2. The number of benzene rings is 2. The molecular formula is C24H26N2O2. The van der Waals surface area contributed by atoms with Gasteiger partial charge in [0.2, 0.25) is 0 Å². The Hall–Kier alpha value is -2.88. The van der Waals surface area contributed by atoms with Crippen LogP contribution in [0.25, 0.3) is 11.1 Å². The summed E-state index contributed by atoms with van der Waals surface area (Å²) in [6.45, 7) is 2.85. The van der Waals surface area contributed by atoms with E-state index in [2.05, 4.69) is 53.6 Å². The summed E-state index contributed by atoms with van der Waals surface area (Å²) in [7, 11) is 0. The Labute approximate surface area is 166 Å². The number of ether oxygens (including phenoxy) is 1. The Kier molecular flexibility index (Phi) is 5.56. The third kappa shape index (κ3) is 4.01. The first-order valence-corrected chi connectivity index (χ1v) is 10.1. The van der Waals surface area contributed by atoms with Crippen molar-refractivity contribution in [2.24, 2.45) is 0 Å². The molecule has 0 atom stereocenters. The van der Waals surface area contributed by atoms with Crippen LogP contribution < -0.4 is 0 Å². The number of carbonyl (C=O) groups is 1. The van der Waals surface area contributed by atoms with Crippen molar-refractivity contribution in [2.75, 3.05) is 6.61 Å². The summed E-state index contributed by atoms with van der Waals surface area (Å²) >= 11 is 0. The van der Waals surface area contributed by atoms with Gasteiger partial charge in [-0.25, -0.2) is 4.79 Å². The minimum Gasteiger partial charge on any atom is -0.461 e. The number of nitrogens with zero attached hydrogens (tertiary/aromatic N) is 2. The molecule has 4 heteroatoms. The van der Waals surface area contributed by atoms with E-state index in [4.69, 9.17) is 4.74 Å². The summed E-state index contributed by atoms with van der Waals surface area (Å²) < 4.78 is 7.16. The van der Waals surface area contributed by atoms with Gasteiger partial charge in [0, 0.05) is 11.6 Å². The first-order valence-electron chi connectivity index (χ1n) is 10.1. The van der Waals surface area contributed by atoms with Crippen molar-refractivity contribution < 1.29 is 9.53 Å². The summed E-state index contributed by atoms with van der Waals surface area (Å²) in [6, 6.07) is 20.9. The minimum atomic E-state index is -0.333. The summed E-state index contributed by atoms with van der Waals surface area (Å²) in [5, 5.41) is 4.59. The lowest BCUT2D eigenvalue weighted by atomic mass is 10.0. The molecular weight excluding hydrogens is 348 g/mol. The summed E-state index contributed by atoms with van der Waals surface area (Å²) in [4.78, 5) is 12.2. The highest BCUT2D eigenvalue weighted by Crippen LogP contribution is 2.34. The number of aromatic nitrogens is 2. The highest BCUT2D eigenvalue weighted by Gasteiger charge is 2.24. The van der Waals surface area contributed by atoms with Gasteiger partial charge in [-0.2, -0.15) is 5.10 Å². The number of rotatable bonds is 6. The van der Waals surface area contributed by atoms with E-state index in [1.54, 1.807) is 0 Å². The number of esters is 1. The second-order valence-corrected chi connectivity index (χ2v) is 7.38. The molecule has 1 saturated carbocycles. The molecule has 0 radical (unpaired) electrons. The van der Waals surface area contributed by atoms with Crippen LogP contribution >= 0.6 is 0 Å². The van der Waals surface area contributed by atoms with Crippen molar-refractivity contribution in [3.63, 3.8) is 0 Å². The van der Waals surface area contributed by atoms with Gasteiger partial charge in [0.25, 0.3) is 0 Å². The Morgan fingerprint density at radius 1 is 1.04 bits per heavy atom. The Balaban J connectivity index is 1.58. The SMILES string of the molecule is CCOC(=O)c1cc(C2CCCC2)n(Cc2ccc(-c3ccccc3)cc2)n1. The Morgan fingerprint density at radius 2 is 1.71 bits per heavy atom. The smallest absolute Gasteiger partial charge is 0.358 e. The van der Waals surface area contributed by atoms with Crippen LogP contribution in [-0.2, 0) is 11.3 Å². The molecule has 4 nitrogen and oxygen atoms in total. The van der Waals surface area contributed by atoms with E-state index in [1.807, 2.05) is 23.7 Å².